The van der Waals surface area contributed by atoms with Crippen LogP contribution in [0.3, 0.4) is 0 Å². The van der Waals surface area contributed by atoms with Gasteiger partial charge >= 0.3 is 5.97 Å². The Balaban J connectivity index is 1.77. The lowest BCUT2D eigenvalue weighted by atomic mass is 9.83. The predicted octanol–water partition coefficient (Wildman–Crippen LogP) is 3.17. The molecule has 0 radical (unpaired) electrons. The smallest absolute Gasteiger partial charge is 0.305 e. The van der Waals surface area contributed by atoms with Crippen molar-refractivity contribution in [3.8, 4) is 0 Å². The van der Waals surface area contributed by atoms with Gasteiger partial charge in [0, 0.05) is 30.6 Å². The van der Waals surface area contributed by atoms with Gasteiger partial charge in [0.1, 0.15) is 5.78 Å². The number of ether oxygens (including phenoxy) is 1. The summed E-state index contributed by atoms with van der Waals surface area (Å²) in [6.45, 7) is 0. The monoisotopic (exact) mass is 366 g/mol. The summed E-state index contributed by atoms with van der Waals surface area (Å²) in [5.41, 5.74) is 0. The van der Waals surface area contributed by atoms with Gasteiger partial charge in [0.05, 0.1) is 19.3 Å². The van der Waals surface area contributed by atoms with Crippen LogP contribution < -0.4 is 0 Å². The minimum atomic E-state index is -0.594. The van der Waals surface area contributed by atoms with Crippen LogP contribution in [0.25, 0.3) is 0 Å². The number of unbranched alkanes of at least 4 members (excludes halogenated alkanes) is 3. The maximum Gasteiger partial charge on any atom is 0.305 e. The van der Waals surface area contributed by atoms with E-state index in [-0.39, 0.29) is 42.0 Å². The highest BCUT2D eigenvalue weighted by molar-refractivity contribution is 5.84. The number of aliphatic hydroxyl groups is 2. The number of esters is 1. The third kappa shape index (κ3) is 6.20. The molecule has 2 fully saturated rings. The van der Waals surface area contributed by atoms with Crippen LogP contribution in [0.5, 0.6) is 0 Å². The van der Waals surface area contributed by atoms with Gasteiger partial charge in [0.2, 0.25) is 0 Å². The van der Waals surface area contributed by atoms with E-state index in [2.05, 4.69) is 4.74 Å². The molecule has 0 aromatic rings. The van der Waals surface area contributed by atoms with Gasteiger partial charge in [-0.1, -0.05) is 44.3 Å². The topological polar surface area (TPSA) is 83.8 Å². The van der Waals surface area contributed by atoms with Gasteiger partial charge in [-0.15, -0.1) is 0 Å². The normalized spacial score (nSPS) is 32.3. The molecule has 0 aromatic heterocycles. The maximum atomic E-state index is 12.3. The first-order valence-corrected chi connectivity index (χ1v) is 10.2. The van der Waals surface area contributed by atoms with Crippen molar-refractivity contribution in [3.63, 3.8) is 0 Å². The highest BCUT2D eigenvalue weighted by atomic mass is 16.5. The fourth-order valence-corrected chi connectivity index (χ4v) is 4.32. The summed E-state index contributed by atoms with van der Waals surface area (Å²) in [4.78, 5) is 23.3. The molecule has 0 spiro atoms. The molecule has 0 saturated heterocycles. The molecule has 2 aliphatic rings. The average molecular weight is 366 g/mol. The Bertz CT molecular complexity index is 487. The molecule has 2 aliphatic carbocycles. The number of carbonyl (C=O) groups excluding carboxylic acids is 2. The van der Waals surface area contributed by atoms with E-state index in [4.69, 9.17) is 0 Å². The lowest BCUT2D eigenvalue weighted by molar-refractivity contribution is -0.140. The number of Topliss-reactive ketones (excluding diaryl/α,β-unsaturated/α-hetero) is 1. The fourth-order valence-electron chi connectivity index (χ4n) is 4.32. The van der Waals surface area contributed by atoms with Crippen LogP contribution in [0.1, 0.15) is 70.6 Å². The molecular formula is C21H34O5. The third-order valence-corrected chi connectivity index (χ3v) is 5.97. The number of carbonyl (C=O) groups is 2. The summed E-state index contributed by atoms with van der Waals surface area (Å²) in [6, 6.07) is 0. The molecule has 0 aliphatic heterocycles. The molecule has 0 amide bonds. The van der Waals surface area contributed by atoms with Gasteiger partial charge < -0.3 is 14.9 Å². The largest absolute Gasteiger partial charge is 0.469 e. The Morgan fingerprint density at radius 2 is 1.81 bits per heavy atom. The van der Waals surface area contributed by atoms with E-state index in [1.807, 2.05) is 12.2 Å². The van der Waals surface area contributed by atoms with Crippen molar-refractivity contribution in [3.05, 3.63) is 12.2 Å². The summed E-state index contributed by atoms with van der Waals surface area (Å²) in [5, 5.41) is 20.4. The van der Waals surface area contributed by atoms with Crippen molar-refractivity contribution in [2.24, 2.45) is 17.8 Å². The van der Waals surface area contributed by atoms with Gasteiger partial charge in [0.15, 0.2) is 0 Å². The SMILES string of the molecule is COC(=O)CCCCCC[C@H]1C(=O)C[C@@H](O)[C@@H]1/C=C/C1CCCCC1O. The van der Waals surface area contributed by atoms with Gasteiger partial charge in [-0.05, 0) is 25.7 Å². The summed E-state index contributed by atoms with van der Waals surface area (Å²) < 4.78 is 4.63. The molecule has 2 N–H and O–H groups in total. The fraction of sp³-hybridized carbons (Fsp3) is 0.810. The number of aliphatic hydroxyl groups excluding tert-OH is 2. The Labute approximate surface area is 156 Å². The van der Waals surface area contributed by atoms with Crippen molar-refractivity contribution in [1.29, 1.82) is 0 Å². The second-order valence-electron chi connectivity index (χ2n) is 7.85. The molecule has 26 heavy (non-hydrogen) atoms. The molecule has 5 heteroatoms. The van der Waals surface area contributed by atoms with Crippen LogP contribution in [-0.4, -0.2) is 41.3 Å². The molecule has 2 rings (SSSR count). The van der Waals surface area contributed by atoms with E-state index in [9.17, 15) is 19.8 Å². The standard InChI is InChI=1S/C21H34O5/c1-26-21(25)11-5-3-2-4-9-16-17(20(24)14-19(16)23)13-12-15-8-6-7-10-18(15)22/h12-13,15-18,20,22,24H,2-11,14H2,1H3/b13-12+/t15?,16-,17-,18?,20-/m1/s1. The van der Waals surface area contributed by atoms with Crippen molar-refractivity contribution in [2.45, 2.75) is 82.8 Å². The molecule has 2 saturated carbocycles. The van der Waals surface area contributed by atoms with E-state index in [1.165, 1.54) is 7.11 Å². The Hall–Kier alpha value is -1.20. The van der Waals surface area contributed by atoms with E-state index < -0.39 is 6.10 Å². The second kappa shape index (κ2) is 10.8. The number of rotatable bonds is 9. The van der Waals surface area contributed by atoms with Crippen LogP contribution >= 0.6 is 0 Å². The highest BCUT2D eigenvalue weighted by Gasteiger charge is 2.39. The Kier molecular flexibility index (Phi) is 8.79. The Morgan fingerprint density at radius 1 is 1.08 bits per heavy atom. The minimum Gasteiger partial charge on any atom is -0.469 e. The third-order valence-electron chi connectivity index (χ3n) is 5.97. The summed E-state index contributed by atoms with van der Waals surface area (Å²) in [7, 11) is 1.40. The first-order valence-electron chi connectivity index (χ1n) is 10.2. The van der Waals surface area contributed by atoms with E-state index in [1.54, 1.807) is 0 Å². The average Bonchev–Trinajstić information content (AvgIpc) is 2.90. The molecule has 5 atom stereocenters. The Morgan fingerprint density at radius 3 is 2.54 bits per heavy atom. The summed E-state index contributed by atoms with van der Waals surface area (Å²) in [5.74, 6) is -0.0833. The number of hydrogen-bond donors (Lipinski definition) is 2. The maximum absolute atomic E-state index is 12.3. The quantitative estimate of drug-likeness (QED) is 0.372. The molecular weight excluding hydrogens is 332 g/mol. The molecule has 0 aromatic carbocycles. The zero-order valence-corrected chi connectivity index (χ0v) is 15.9. The first kappa shape index (κ1) is 21.1. The lowest BCUT2D eigenvalue weighted by Crippen LogP contribution is -2.24. The van der Waals surface area contributed by atoms with Gasteiger partial charge in [-0.25, -0.2) is 0 Å². The van der Waals surface area contributed by atoms with Crippen molar-refractivity contribution < 1.29 is 24.5 Å². The van der Waals surface area contributed by atoms with Gasteiger partial charge in [0.25, 0.3) is 0 Å². The number of hydrogen-bond acceptors (Lipinski definition) is 5. The van der Waals surface area contributed by atoms with Crippen LogP contribution in [0.15, 0.2) is 12.2 Å². The van der Waals surface area contributed by atoms with Gasteiger partial charge in [-0.2, -0.15) is 0 Å². The van der Waals surface area contributed by atoms with Crippen LogP contribution in [0, 0.1) is 17.8 Å². The van der Waals surface area contributed by atoms with Crippen LogP contribution in [0.2, 0.25) is 0 Å². The molecule has 5 nitrogen and oxygen atoms in total. The highest BCUT2D eigenvalue weighted by Crippen LogP contribution is 2.35. The van der Waals surface area contributed by atoms with Crippen LogP contribution in [-0.2, 0) is 14.3 Å². The zero-order chi connectivity index (χ0) is 18.9. The van der Waals surface area contributed by atoms with Crippen molar-refractivity contribution in [2.75, 3.05) is 7.11 Å². The predicted molar refractivity (Wildman–Crippen MR) is 99.4 cm³/mol. The first-order chi connectivity index (χ1) is 12.5. The molecule has 0 bridgehead atoms. The summed E-state index contributed by atoms with van der Waals surface area (Å²) in [6.07, 6.45) is 12.4. The number of methoxy groups -OCH3 is 1. The minimum absolute atomic E-state index is 0.109. The zero-order valence-electron chi connectivity index (χ0n) is 15.9. The molecule has 0 heterocycles. The molecule has 2 unspecified atom stereocenters. The lowest BCUT2D eigenvalue weighted by Gasteiger charge is -2.26. The molecule has 148 valence electrons. The van der Waals surface area contributed by atoms with E-state index in [0.717, 1.165) is 57.8 Å². The summed E-state index contributed by atoms with van der Waals surface area (Å²) >= 11 is 0. The van der Waals surface area contributed by atoms with Gasteiger partial charge in [-0.3, -0.25) is 9.59 Å². The van der Waals surface area contributed by atoms with Crippen molar-refractivity contribution in [1.82, 2.24) is 0 Å². The van der Waals surface area contributed by atoms with E-state index >= 15 is 0 Å². The van der Waals surface area contributed by atoms with Crippen LogP contribution in [0.4, 0.5) is 0 Å². The van der Waals surface area contributed by atoms with Crippen molar-refractivity contribution >= 4 is 11.8 Å². The van der Waals surface area contributed by atoms with E-state index in [0.29, 0.717) is 6.42 Å². The second-order valence-corrected chi connectivity index (χ2v) is 7.85. The number of ketones is 1.